The van der Waals surface area contributed by atoms with Gasteiger partial charge in [0.2, 0.25) is 0 Å². The highest BCUT2D eigenvalue weighted by Gasteiger charge is 2.12. The van der Waals surface area contributed by atoms with E-state index in [4.69, 9.17) is 0 Å². The van der Waals surface area contributed by atoms with E-state index < -0.39 is 11.8 Å². The van der Waals surface area contributed by atoms with Gasteiger partial charge in [0.25, 0.3) is 0 Å². The lowest BCUT2D eigenvalue weighted by molar-refractivity contribution is 0.0595. The summed E-state index contributed by atoms with van der Waals surface area (Å²) in [5.74, 6) is -1.05. The van der Waals surface area contributed by atoms with E-state index in [1.807, 2.05) is 0 Å². The molecule has 0 unspecified atom stereocenters. The monoisotopic (exact) mass is 194 g/mol. The zero-order valence-corrected chi connectivity index (χ0v) is 7.40. The molecule has 0 fully saturated rings. The average Bonchev–Trinajstić information content (AvgIpc) is 2.62. The number of aromatic nitrogens is 2. The molecule has 0 radical (unpaired) electrons. The van der Waals surface area contributed by atoms with Crippen LogP contribution in [-0.2, 0) is 4.74 Å². The summed E-state index contributed by atoms with van der Waals surface area (Å²) in [4.78, 5) is 14.9. The van der Waals surface area contributed by atoms with Gasteiger partial charge in [-0.15, -0.1) is 0 Å². The Morgan fingerprint density at radius 3 is 3.07 bits per heavy atom. The number of carbonyl (C=O) groups is 1. The lowest BCUT2D eigenvalue weighted by Gasteiger charge is -1.90. The van der Waals surface area contributed by atoms with E-state index in [0.717, 1.165) is 0 Å². The van der Waals surface area contributed by atoms with Crippen LogP contribution < -0.4 is 0 Å². The summed E-state index contributed by atoms with van der Waals surface area (Å²) >= 11 is 0. The number of ether oxygens (including phenoxy) is 1. The Morgan fingerprint density at radius 2 is 2.43 bits per heavy atom. The smallest absolute Gasteiger partial charge is 0.358 e. The molecule has 14 heavy (non-hydrogen) atoms. The van der Waals surface area contributed by atoms with E-state index in [1.165, 1.54) is 29.8 Å². The summed E-state index contributed by atoms with van der Waals surface area (Å²) in [5, 5.41) is 0. The van der Waals surface area contributed by atoms with Crippen molar-refractivity contribution in [2.45, 2.75) is 0 Å². The molecule has 72 valence electrons. The quantitative estimate of drug-likeness (QED) is 0.642. The molecule has 0 spiro atoms. The number of carbonyl (C=O) groups excluding carboxylic acids is 1. The topological polar surface area (TPSA) is 43.6 Å². The van der Waals surface area contributed by atoms with Crippen LogP contribution in [0.1, 0.15) is 10.5 Å². The molecule has 4 nitrogen and oxygen atoms in total. The van der Waals surface area contributed by atoms with Crippen LogP contribution in [0.25, 0.3) is 5.65 Å². The third kappa shape index (κ3) is 1.22. The molecule has 0 N–H and O–H groups in total. The Bertz CT molecular complexity index is 493. The molecule has 0 atom stereocenters. The maximum absolute atomic E-state index is 13.1. The Balaban J connectivity index is 2.62. The standard InChI is InChI=1S/C9H7FN2O2/c1-14-9(13)7-5-12-4-2-3-6(10)8(12)11-7/h2-5H,1H3. The second-order valence-electron chi connectivity index (χ2n) is 2.70. The Morgan fingerprint density at radius 1 is 1.64 bits per heavy atom. The molecule has 2 aromatic rings. The van der Waals surface area contributed by atoms with Crippen molar-refractivity contribution in [3.63, 3.8) is 0 Å². The lowest BCUT2D eigenvalue weighted by atomic mass is 10.4. The third-order valence-electron chi connectivity index (χ3n) is 1.83. The summed E-state index contributed by atoms with van der Waals surface area (Å²) in [6.45, 7) is 0. The number of methoxy groups -OCH3 is 1. The van der Waals surface area contributed by atoms with Crippen LogP contribution in [0.5, 0.6) is 0 Å². The molecule has 0 amide bonds. The number of esters is 1. The molecular formula is C9H7FN2O2. The number of hydrogen-bond donors (Lipinski definition) is 0. The summed E-state index contributed by atoms with van der Waals surface area (Å²) in [6.07, 6.45) is 3.03. The second-order valence-corrected chi connectivity index (χ2v) is 2.70. The van der Waals surface area contributed by atoms with Gasteiger partial charge < -0.3 is 9.14 Å². The zero-order valence-electron chi connectivity index (χ0n) is 7.40. The fourth-order valence-corrected chi connectivity index (χ4v) is 1.18. The number of halogens is 1. The van der Waals surface area contributed by atoms with Crippen molar-refractivity contribution in [1.29, 1.82) is 0 Å². The maximum Gasteiger partial charge on any atom is 0.358 e. The molecule has 0 aliphatic rings. The lowest BCUT2D eigenvalue weighted by Crippen LogP contribution is -2.00. The van der Waals surface area contributed by atoms with Gasteiger partial charge in [-0.25, -0.2) is 14.2 Å². The van der Waals surface area contributed by atoms with Crippen LogP contribution in [0.15, 0.2) is 24.5 Å². The molecule has 0 saturated heterocycles. The van der Waals surface area contributed by atoms with Crippen LogP contribution in [0.3, 0.4) is 0 Å². The highest BCUT2D eigenvalue weighted by atomic mass is 19.1. The van der Waals surface area contributed by atoms with Crippen molar-refractivity contribution in [2.24, 2.45) is 0 Å². The highest BCUT2D eigenvalue weighted by Crippen LogP contribution is 2.09. The summed E-state index contributed by atoms with van der Waals surface area (Å²) < 4.78 is 19.0. The number of pyridine rings is 1. The van der Waals surface area contributed by atoms with Gasteiger partial charge in [0.15, 0.2) is 17.2 Å². The van der Waals surface area contributed by atoms with Gasteiger partial charge in [-0.1, -0.05) is 0 Å². The van der Waals surface area contributed by atoms with Crippen molar-refractivity contribution < 1.29 is 13.9 Å². The van der Waals surface area contributed by atoms with E-state index in [-0.39, 0.29) is 11.3 Å². The van der Waals surface area contributed by atoms with Gasteiger partial charge in [-0.05, 0) is 12.1 Å². The Hall–Kier alpha value is -1.91. The molecular weight excluding hydrogens is 187 g/mol. The van der Waals surface area contributed by atoms with Crippen LogP contribution in [0.4, 0.5) is 4.39 Å². The van der Waals surface area contributed by atoms with E-state index in [9.17, 15) is 9.18 Å². The first-order valence-electron chi connectivity index (χ1n) is 3.94. The van der Waals surface area contributed by atoms with Crippen LogP contribution >= 0.6 is 0 Å². The fraction of sp³-hybridized carbons (Fsp3) is 0.111. The van der Waals surface area contributed by atoms with Crippen molar-refractivity contribution >= 4 is 11.6 Å². The Labute approximate surface area is 78.9 Å². The largest absolute Gasteiger partial charge is 0.464 e. The second kappa shape index (κ2) is 3.10. The van der Waals surface area contributed by atoms with Gasteiger partial charge in [-0.3, -0.25) is 0 Å². The first kappa shape index (κ1) is 8.68. The number of imidazole rings is 1. The molecule has 0 aliphatic heterocycles. The molecule has 0 bridgehead atoms. The minimum absolute atomic E-state index is 0.0950. The minimum atomic E-state index is -0.576. The van der Waals surface area contributed by atoms with E-state index >= 15 is 0 Å². The zero-order chi connectivity index (χ0) is 10.1. The first-order chi connectivity index (χ1) is 6.72. The van der Waals surface area contributed by atoms with E-state index in [0.29, 0.717) is 0 Å². The van der Waals surface area contributed by atoms with Crippen molar-refractivity contribution in [3.8, 4) is 0 Å². The normalized spacial score (nSPS) is 10.4. The van der Waals surface area contributed by atoms with Gasteiger partial charge in [0, 0.05) is 12.4 Å². The summed E-state index contributed by atoms with van der Waals surface area (Å²) in [5.41, 5.74) is 0.213. The summed E-state index contributed by atoms with van der Waals surface area (Å²) in [7, 11) is 1.25. The van der Waals surface area contributed by atoms with Crippen molar-refractivity contribution in [1.82, 2.24) is 9.38 Å². The number of hydrogen-bond acceptors (Lipinski definition) is 3. The number of rotatable bonds is 1. The Kier molecular flexibility index (Phi) is 1.92. The maximum atomic E-state index is 13.1. The molecule has 2 aromatic heterocycles. The minimum Gasteiger partial charge on any atom is -0.464 e. The third-order valence-corrected chi connectivity index (χ3v) is 1.83. The predicted molar refractivity (Wildman–Crippen MR) is 46.5 cm³/mol. The van der Waals surface area contributed by atoms with Crippen molar-refractivity contribution in [2.75, 3.05) is 7.11 Å². The van der Waals surface area contributed by atoms with Crippen molar-refractivity contribution in [3.05, 3.63) is 36.0 Å². The van der Waals surface area contributed by atoms with Gasteiger partial charge in [0.05, 0.1) is 7.11 Å². The molecule has 2 rings (SSSR count). The van der Waals surface area contributed by atoms with E-state index in [1.54, 1.807) is 6.20 Å². The first-order valence-corrected chi connectivity index (χ1v) is 3.94. The summed E-state index contributed by atoms with van der Waals surface area (Å²) in [6, 6.07) is 2.81. The molecule has 0 aliphatic carbocycles. The SMILES string of the molecule is COC(=O)c1cn2cccc(F)c2n1. The van der Waals surface area contributed by atoms with Gasteiger partial charge in [-0.2, -0.15) is 0 Å². The van der Waals surface area contributed by atoms with Crippen LogP contribution in [0.2, 0.25) is 0 Å². The fourth-order valence-electron chi connectivity index (χ4n) is 1.18. The molecule has 0 saturated carbocycles. The molecule has 2 heterocycles. The van der Waals surface area contributed by atoms with E-state index in [2.05, 4.69) is 9.72 Å². The molecule has 5 heteroatoms. The van der Waals surface area contributed by atoms with Crippen LogP contribution in [0, 0.1) is 5.82 Å². The predicted octanol–water partition coefficient (Wildman–Crippen LogP) is 1.26. The number of nitrogens with zero attached hydrogens (tertiary/aromatic N) is 2. The highest BCUT2D eigenvalue weighted by molar-refractivity contribution is 5.87. The van der Waals surface area contributed by atoms with Crippen LogP contribution in [-0.4, -0.2) is 22.5 Å². The van der Waals surface area contributed by atoms with Gasteiger partial charge >= 0.3 is 5.97 Å². The number of fused-ring (bicyclic) bond motifs is 1. The molecule has 0 aromatic carbocycles. The van der Waals surface area contributed by atoms with Gasteiger partial charge in [0.1, 0.15) is 0 Å². The average molecular weight is 194 g/mol.